The number of rotatable bonds is 2. The molecule has 0 unspecified atom stereocenters. The summed E-state index contributed by atoms with van der Waals surface area (Å²) >= 11 is 0. The number of aryl methyl sites for hydroxylation is 1. The SMILES string of the molecule is Cn1nccc1C(=O)N1CCc2[nH]cnc2[C@H]1c1cc2c(F)cccc2o1. The van der Waals surface area contributed by atoms with Crippen LogP contribution in [0.15, 0.2) is 47.3 Å². The van der Waals surface area contributed by atoms with Crippen molar-refractivity contribution in [1.29, 1.82) is 0 Å². The van der Waals surface area contributed by atoms with Crippen molar-refractivity contribution >= 4 is 16.9 Å². The lowest BCUT2D eigenvalue weighted by molar-refractivity contribution is 0.0661. The summed E-state index contributed by atoms with van der Waals surface area (Å²) in [7, 11) is 1.72. The summed E-state index contributed by atoms with van der Waals surface area (Å²) < 4.78 is 21.6. The Hall–Kier alpha value is -3.42. The Morgan fingerprint density at radius 1 is 1.37 bits per heavy atom. The molecule has 0 fully saturated rings. The van der Waals surface area contributed by atoms with Crippen molar-refractivity contribution in [3.8, 4) is 0 Å². The maximum atomic E-state index is 14.2. The molecule has 1 amide bonds. The fraction of sp³-hybridized carbons (Fsp3) is 0.211. The Bertz CT molecular complexity index is 1160. The number of benzene rings is 1. The molecule has 0 bridgehead atoms. The molecule has 27 heavy (non-hydrogen) atoms. The van der Waals surface area contributed by atoms with Crippen LogP contribution in [-0.4, -0.2) is 37.1 Å². The van der Waals surface area contributed by atoms with E-state index in [-0.39, 0.29) is 11.7 Å². The highest BCUT2D eigenvalue weighted by atomic mass is 19.1. The second kappa shape index (κ2) is 5.80. The highest BCUT2D eigenvalue weighted by Crippen LogP contribution is 2.37. The van der Waals surface area contributed by atoms with Crippen LogP contribution in [0, 0.1) is 5.82 Å². The largest absolute Gasteiger partial charge is 0.458 e. The van der Waals surface area contributed by atoms with E-state index in [4.69, 9.17) is 4.42 Å². The summed E-state index contributed by atoms with van der Waals surface area (Å²) in [5.41, 5.74) is 2.59. The van der Waals surface area contributed by atoms with Gasteiger partial charge in [-0.15, -0.1) is 0 Å². The highest BCUT2D eigenvalue weighted by Gasteiger charge is 2.37. The predicted octanol–water partition coefficient (Wildman–Crippen LogP) is 2.82. The summed E-state index contributed by atoms with van der Waals surface area (Å²) in [6.45, 7) is 0.489. The molecule has 4 heterocycles. The van der Waals surface area contributed by atoms with Crippen molar-refractivity contribution in [2.24, 2.45) is 7.05 Å². The van der Waals surface area contributed by atoms with Crippen molar-refractivity contribution in [3.05, 3.63) is 71.5 Å². The van der Waals surface area contributed by atoms with Gasteiger partial charge in [0.25, 0.3) is 5.91 Å². The summed E-state index contributed by atoms with van der Waals surface area (Å²) in [6.07, 6.45) is 3.85. The molecule has 1 aliphatic heterocycles. The molecule has 136 valence electrons. The zero-order chi connectivity index (χ0) is 18.5. The third kappa shape index (κ3) is 2.37. The lowest BCUT2D eigenvalue weighted by Gasteiger charge is -2.33. The van der Waals surface area contributed by atoms with Crippen molar-refractivity contribution in [2.75, 3.05) is 6.54 Å². The van der Waals surface area contributed by atoms with Gasteiger partial charge in [0.1, 0.15) is 28.9 Å². The number of furan rings is 1. The number of hydrogen-bond donors (Lipinski definition) is 1. The average Bonchev–Trinajstić information content (AvgIpc) is 3.39. The van der Waals surface area contributed by atoms with Crippen LogP contribution in [-0.2, 0) is 13.5 Å². The fourth-order valence-electron chi connectivity index (χ4n) is 3.69. The molecule has 5 rings (SSSR count). The minimum atomic E-state index is -0.533. The topological polar surface area (TPSA) is 80.0 Å². The van der Waals surface area contributed by atoms with Gasteiger partial charge in [0.2, 0.25) is 0 Å². The van der Waals surface area contributed by atoms with Gasteiger partial charge in [-0.2, -0.15) is 5.10 Å². The number of H-pyrrole nitrogens is 1. The molecule has 1 N–H and O–H groups in total. The van der Waals surface area contributed by atoms with Crippen LogP contribution in [0.3, 0.4) is 0 Å². The quantitative estimate of drug-likeness (QED) is 0.592. The lowest BCUT2D eigenvalue weighted by atomic mass is 9.99. The average molecular weight is 365 g/mol. The number of nitrogens with one attached hydrogen (secondary N) is 1. The molecule has 4 aromatic rings. The molecule has 1 atom stereocenters. The first-order chi connectivity index (χ1) is 13.1. The minimum Gasteiger partial charge on any atom is -0.458 e. The first kappa shape index (κ1) is 15.8. The number of halogens is 1. The van der Waals surface area contributed by atoms with Gasteiger partial charge in [0.05, 0.1) is 17.4 Å². The Kier molecular flexibility index (Phi) is 3.40. The van der Waals surface area contributed by atoms with Crippen molar-refractivity contribution in [1.82, 2.24) is 24.6 Å². The number of carbonyl (C=O) groups excluding carboxylic acids is 1. The van der Waals surface area contributed by atoms with Crippen molar-refractivity contribution in [3.63, 3.8) is 0 Å². The van der Waals surface area contributed by atoms with Gasteiger partial charge in [-0.1, -0.05) is 6.07 Å². The van der Waals surface area contributed by atoms with Gasteiger partial charge >= 0.3 is 0 Å². The molecule has 7 nitrogen and oxygen atoms in total. The summed E-state index contributed by atoms with van der Waals surface area (Å²) in [4.78, 5) is 22.4. The van der Waals surface area contributed by atoms with Gasteiger partial charge in [-0.05, 0) is 24.3 Å². The third-order valence-electron chi connectivity index (χ3n) is 5.02. The molecule has 8 heteroatoms. The normalized spacial score (nSPS) is 16.7. The standard InChI is InChI=1S/C19H16FN5O2/c1-24-14(5-7-23-24)19(26)25-8-6-13-17(22-10-21-13)18(25)16-9-11-12(20)3-2-4-15(11)27-16/h2-5,7,9-10,18H,6,8H2,1H3,(H,21,22)/t18-/m1/s1. The number of hydrogen-bond acceptors (Lipinski definition) is 4. The van der Waals surface area contributed by atoms with Gasteiger partial charge in [-0.25, -0.2) is 9.37 Å². The Morgan fingerprint density at radius 3 is 3.04 bits per heavy atom. The van der Waals surface area contributed by atoms with Gasteiger partial charge in [0.15, 0.2) is 0 Å². The van der Waals surface area contributed by atoms with Crippen LogP contribution in [0.2, 0.25) is 0 Å². The molecule has 0 saturated carbocycles. The minimum absolute atomic E-state index is 0.172. The molecule has 3 aromatic heterocycles. The molecular formula is C19H16FN5O2. The van der Waals surface area contributed by atoms with Crippen molar-refractivity contribution < 1.29 is 13.6 Å². The molecule has 0 saturated heterocycles. The molecule has 0 aliphatic carbocycles. The van der Waals surface area contributed by atoms with Crippen molar-refractivity contribution in [2.45, 2.75) is 12.5 Å². The van der Waals surface area contributed by atoms with E-state index in [0.29, 0.717) is 35.4 Å². The van der Waals surface area contributed by atoms with E-state index in [0.717, 1.165) is 11.4 Å². The Balaban J connectivity index is 1.66. The van der Waals surface area contributed by atoms with E-state index in [2.05, 4.69) is 15.1 Å². The van der Waals surface area contributed by atoms with E-state index in [9.17, 15) is 9.18 Å². The second-order valence-electron chi connectivity index (χ2n) is 6.56. The van der Waals surface area contributed by atoms with E-state index < -0.39 is 6.04 Å². The molecule has 0 radical (unpaired) electrons. The first-order valence-electron chi connectivity index (χ1n) is 8.62. The molecule has 1 aromatic carbocycles. The number of carbonyl (C=O) groups is 1. The predicted molar refractivity (Wildman–Crippen MR) is 94.6 cm³/mol. The van der Waals surface area contributed by atoms with Gasteiger partial charge in [-0.3, -0.25) is 9.48 Å². The number of aromatic amines is 1. The summed E-state index contributed by atoms with van der Waals surface area (Å²) in [5.74, 6) is -0.0432. The second-order valence-corrected chi connectivity index (χ2v) is 6.56. The Labute approximate surface area is 153 Å². The number of imidazole rings is 1. The van der Waals surface area contributed by atoms with Gasteiger partial charge < -0.3 is 14.3 Å². The van der Waals surface area contributed by atoms with E-state index in [1.807, 2.05) is 0 Å². The monoisotopic (exact) mass is 365 g/mol. The molecular weight excluding hydrogens is 349 g/mol. The highest BCUT2D eigenvalue weighted by molar-refractivity contribution is 5.93. The van der Waals surface area contributed by atoms with E-state index >= 15 is 0 Å². The maximum absolute atomic E-state index is 14.2. The van der Waals surface area contributed by atoms with Crippen LogP contribution in [0.5, 0.6) is 0 Å². The van der Waals surface area contributed by atoms with Crippen LogP contribution in [0.4, 0.5) is 4.39 Å². The van der Waals surface area contributed by atoms with Crippen LogP contribution >= 0.6 is 0 Å². The zero-order valence-electron chi connectivity index (χ0n) is 14.5. The third-order valence-corrected chi connectivity index (χ3v) is 5.02. The van der Waals surface area contributed by atoms with Gasteiger partial charge in [0, 0.05) is 31.9 Å². The summed E-state index contributed by atoms with van der Waals surface area (Å²) in [5, 5.41) is 4.48. The fourth-order valence-corrected chi connectivity index (χ4v) is 3.69. The number of amides is 1. The summed E-state index contributed by atoms with van der Waals surface area (Å²) in [6, 6.07) is 7.50. The van der Waals surface area contributed by atoms with Crippen LogP contribution < -0.4 is 0 Å². The van der Waals surface area contributed by atoms with Crippen LogP contribution in [0.25, 0.3) is 11.0 Å². The number of fused-ring (bicyclic) bond motifs is 2. The Morgan fingerprint density at radius 2 is 2.26 bits per heavy atom. The molecule has 0 spiro atoms. The maximum Gasteiger partial charge on any atom is 0.273 e. The lowest BCUT2D eigenvalue weighted by Crippen LogP contribution is -2.41. The first-order valence-corrected chi connectivity index (χ1v) is 8.62. The van der Waals surface area contributed by atoms with E-state index in [1.165, 1.54) is 10.7 Å². The number of aromatic nitrogens is 4. The molecule has 1 aliphatic rings. The number of nitrogens with zero attached hydrogens (tertiary/aromatic N) is 4. The smallest absolute Gasteiger partial charge is 0.273 e. The van der Waals surface area contributed by atoms with E-state index in [1.54, 1.807) is 48.7 Å². The zero-order valence-corrected chi connectivity index (χ0v) is 14.5. The van der Waals surface area contributed by atoms with Crippen LogP contribution in [0.1, 0.15) is 33.7 Å².